The highest BCUT2D eigenvalue weighted by atomic mass is 35.5. The van der Waals surface area contributed by atoms with E-state index in [0.717, 1.165) is 5.69 Å². The Morgan fingerprint density at radius 1 is 0.962 bits per heavy atom. The number of hydrogen-bond donors (Lipinski definition) is 2. The Labute approximate surface area is 160 Å². The number of nitrogens with one attached hydrogen (secondary N) is 2. The number of carbonyl (C=O) groups is 1. The molecule has 0 aliphatic carbocycles. The van der Waals surface area contributed by atoms with Crippen molar-refractivity contribution in [2.24, 2.45) is 0 Å². The van der Waals surface area contributed by atoms with Gasteiger partial charge in [0.1, 0.15) is 5.82 Å². The number of hydrogen-bond acceptors (Lipinski definition) is 6. The molecule has 26 heavy (non-hydrogen) atoms. The molecule has 0 radical (unpaired) electrons. The molecule has 0 fully saturated rings. The highest BCUT2D eigenvalue weighted by molar-refractivity contribution is 6.35. The Morgan fingerprint density at radius 3 is 2.31 bits per heavy atom. The standard InChI is InChI=1S/C18H14Cl2N4O2/c1-26-17(25)11-2-4-14(5-3-11)22-16-6-7-21-18(24-16)23-15-9-12(19)8-13(20)10-15/h2-10H,1H3,(H2,21,22,23,24). The topological polar surface area (TPSA) is 76.1 Å². The number of nitrogens with zero attached hydrogens (tertiary/aromatic N) is 2. The van der Waals surface area contributed by atoms with E-state index in [1.807, 2.05) is 0 Å². The summed E-state index contributed by atoms with van der Waals surface area (Å²) < 4.78 is 4.68. The largest absolute Gasteiger partial charge is 0.465 e. The van der Waals surface area contributed by atoms with E-state index in [-0.39, 0.29) is 5.97 Å². The van der Waals surface area contributed by atoms with Crippen LogP contribution < -0.4 is 10.6 Å². The SMILES string of the molecule is COC(=O)c1ccc(Nc2ccnc(Nc3cc(Cl)cc(Cl)c3)n2)cc1. The van der Waals surface area contributed by atoms with Gasteiger partial charge in [0, 0.05) is 27.6 Å². The van der Waals surface area contributed by atoms with Gasteiger partial charge in [-0.3, -0.25) is 0 Å². The maximum atomic E-state index is 11.5. The van der Waals surface area contributed by atoms with Crippen molar-refractivity contribution in [1.82, 2.24) is 9.97 Å². The van der Waals surface area contributed by atoms with E-state index in [1.54, 1.807) is 54.7 Å². The first-order valence-electron chi connectivity index (χ1n) is 7.55. The number of aromatic nitrogens is 2. The van der Waals surface area contributed by atoms with Crippen LogP contribution in [-0.4, -0.2) is 23.0 Å². The third-order valence-corrected chi connectivity index (χ3v) is 3.79. The molecular formula is C18H14Cl2N4O2. The van der Waals surface area contributed by atoms with Crippen molar-refractivity contribution in [1.29, 1.82) is 0 Å². The lowest BCUT2D eigenvalue weighted by molar-refractivity contribution is 0.0601. The van der Waals surface area contributed by atoms with Crippen LogP contribution >= 0.6 is 23.2 Å². The average molecular weight is 389 g/mol. The molecule has 0 saturated heterocycles. The van der Waals surface area contributed by atoms with E-state index in [4.69, 9.17) is 23.2 Å². The molecule has 1 heterocycles. The number of halogens is 2. The van der Waals surface area contributed by atoms with Crippen molar-refractivity contribution in [3.63, 3.8) is 0 Å². The van der Waals surface area contributed by atoms with Crippen molar-refractivity contribution < 1.29 is 9.53 Å². The van der Waals surface area contributed by atoms with Crippen molar-refractivity contribution in [2.75, 3.05) is 17.7 Å². The summed E-state index contributed by atoms with van der Waals surface area (Å²) >= 11 is 12.0. The van der Waals surface area contributed by atoms with Crippen LogP contribution in [0.5, 0.6) is 0 Å². The number of esters is 1. The van der Waals surface area contributed by atoms with E-state index in [2.05, 4.69) is 25.3 Å². The van der Waals surface area contributed by atoms with Crippen LogP contribution in [0.2, 0.25) is 10.0 Å². The number of ether oxygens (including phenoxy) is 1. The summed E-state index contributed by atoms with van der Waals surface area (Å²) in [5, 5.41) is 7.22. The van der Waals surface area contributed by atoms with E-state index < -0.39 is 0 Å². The Balaban J connectivity index is 1.74. The van der Waals surface area contributed by atoms with Gasteiger partial charge in [0.25, 0.3) is 0 Å². The van der Waals surface area contributed by atoms with Gasteiger partial charge >= 0.3 is 5.97 Å². The molecule has 8 heteroatoms. The first-order valence-corrected chi connectivity index (χ1v) is 8.30. The zero-order valence-electron chi connectivity index (χ0n) is 13.7. The second-order valence-corrected chi connectivity index (χ2v) is 6.12. The molecule has 0 spiro atoms. The number of rotatable bonds is 5. The Hall–Kier alpha value is -2.83. The van der Waals surface area contributed by atoms with Gasteiger partial charge in [-0.25, -0.2) is 9.78 Å². The minimum absolute atomic E-state index is 0.384. The van der Waals surface area contributed by atoms with Crippen LogP contribution in [0.25, 0.3) is 0 Å². The van der Waals surface area contributed by atoms with Gasteiger partial charge in [-0.1, -0.05) is 23.2 Å². The summed E-state index contributed by atoms with van der Waals surface area (Å²) in [7, 11) is 1.34. The summed E-state index contributed by atoms with van der Waals surface area (Å²) in [4.78, 5) is 20.0. The van der Waals surface area contributed by atoms with Gasteiger partial charge in [0.2, 0.25) is 5.95 Å². The van der Waals surface area contributed by atoms with Gasteiger partial charge in [0.15, 0.2) is 0 Å². The minimum atomic E-state index is -0.384. The molecule has 1 aromatic heterocycles. The molecule has 6 nitrogen and oxygen atoms in total. The van der Waals surface area contributed by atoms with Crippen LogP contribution in [0.1, 0.15) is 10.4 Å². The van der Waals surface area contributed by atoms with Crippen LogP contribution in [0.3, 0.4) is 0 Å². The maximum absolute atomic E-state index is 11.5. The lowest BCUT2D eigenvalue weighted by Crippen LogP contribution is -2.02. The van der Waals surface area contributed by atoms with Crippen LogP contribution in [-0.2, 0) is 4.74 Å². The molecule has 0 atom stereocenters. The van der Waals surface area contributed by atoms with E-state index in [9.17, 15) is 4.79 Å². The van der Waals surface area contributed by atoms with Gasteiger partial charge in [-0.2, -0.15) is 4.98 Å². The van der Waals surface area contributed by atoms with E-state index in [1.165, 1.54) is 7.11 Å². The summed E-state index contributed by atoms with van der Waals surface area (Å²) in [6.45, 7) is 0. The fourth-order valence-corrected chi connectivity index (χ4v) is 2.73. The maximum Gasteiger partial charge on any atom is 0.337 e. The lowest BCUT2D eigenvalue weighted by atomic mass is 10.2. The van der Waals surface area contributed by atoms with Gasteiger partial charge in [0.05, 0.1) is 12.7 Å². The summed E-state index contributed by atoms with van der Waals surface area (Å²) in [6, 6.07) is 13.7. The van der Waals surface area contributed by atoms with Crippen LogP contribution in [0.4, 0.5) is 23.1 Å². The number of anilines is 4. The second-order valence-electron chi connectivity index (χ2n) is 5.24. The molecule has 3 rings (SSSR count). The third-order valence-electron chi connectivity index (χ3n) is 3.35. The molecule has 0 unspecified atom stereocenters. The Morgan fingerprint density at radius 2 is 1.65 bits per heavy atom. The second kappa shape index (κ2) is 8.03. The quantitative estimate of drug-likeness (QED) is 0.595. The first kappa shape index (κ1) is 18.0. The van der Waals surface area contributed by atoms with Crippen molar-refractivity contribution in [2.45, 2.75) is 0 Å². The normalized spacial score (nSPS) is 10.3. The highest BCUT2D eigenvalue weighted by Gasteiger charge is 2.06. The van der Waals surface area contributed by atoms with Gasteiger partial charge < -0.3 is 15.4 Å². The fourth-order valence-electron chi connectivity index (χ4n) is 2.20. The summed E-state index contributed by atoms with van der Waals surface area (Å²) in [5.74, 6) is 0.589. The average Bonchev–Trinajstić information content (AvgIpc) is 2.61. The Kier molecular flexibility index (Phi) is 5.55. The van der Waals surface area contributed by atoms with Crippen LogP contribution in [0.15, 0.2) is 54.7 Å². The third kappa shape index (κ3) is 4.62. The molecule has 0 amide bonds. The minimum Gasteiger partial charge on any atom is -0.465 e. The van der Waals surface area contributed by atoms with Crippen molar-refractivity contribution >= 4 is 52.3 Å². The van der Waals surface area contributed by atoms with Gasteiger partial charge in [-0.15, -0.1) is 0 Å². The monoisotopic (exact) mass is 388 g/mol. The molecule has 2 aromatic carbocycles. The summed E-state index contributed by atoms with van der Waals surface area (Å²) in [6.07, 6.45) is 1.62. The molecule has 0 aliphatic heterocycles. The van der Waals surface area contributed by atoms with E-state index in [0.29, 0.717) is 33.1 Å². The molecule has 2 N–H and O–H groups in total. The molecule has 0 saturated carbocycles. The summed E-state index contributed by atoms with van der Waals surface area (Å²) in [5.41, 5.74) is 1.93. The zero-order chi connectivity index (χ0) is 18.5. The number of carbonyl (C=O) groups excluding carboxylic acids is 1. The molecular weight excluding hydrogens is 375 g/mol. The molecule has 132 valence electrons. The number of benzene rings is 2. The number of methoxy groups -OCH3 is 1. The lowest BCUT2D eigenvalue weighted by Gasteiger charge is -2.09. The predicted octanol–water partition coefficient (Wildman–Crippen LogP) is 5.06. The van der Waals surface area contributed by atoms with Crippen molar-refractivity contribution in [3.05, 3.63) is 70.3 Å². The molecule has 0 bridgehead atoms. The predicted molar refractivity (Wildman–Crippen MR) is 103 cm³/mol. The molecule has 3 aromatic rings. The fraction of sp³-hybridized carbons (Fsp3) is 0.0556. The van der Waals surface area contributed by atoms with Gasteiger partial charge in [-0.05, 0) is 48.5 Å². The smallest absolute Gasteiger partial charge is 0.337 e. The van der Waals surface area contributed by atoms with Crippen LogP contribution in [0, 0.1) is 0 Å². The highest BCUT2D eigenvalue weighted by Crippen LogP contribution is 2.24. The zero-order valence-corrected chi connectivity index (χ0v) is 15.2. The van der Waals surface area contributed by atoms with Crippen molar-refractivity contribution in [3.8, 4) is 0 Å². The Bertz CT molecular complexity index is 912. The molecule has 0 aliphatic rings. The first-order chi connectivity index (χ1) is 12.5. The van der Waals surface area contributed by atoms with E-state index >= 15 is 0 Å².